The van der Waals surface area contributed by atoms with Gasteiger partial charge in [0, 0.05) is 41.9 Å². The maximum Gasteiger partial charge on any atom is 0.408 e. The smallest absolute Gasteiger partial charge is 0.408 e. The molecule has 55 heavy (non-hydrogen) atoms. The highest BCUT2D eigenvalue weighted by Gasteiger charge is 2.35. The lowest BCUT2D eigenvalue weighted by molar-refractivity contribution is -0.157. The second kappa shape index (κ2) is 16.7. The normalized spacial score (nSPS) is 13.4. The first kappa shape index (κ1) is 41.0. The number of nitrogens with one attached hydrogen (secondary N) is 1. The van der Waals surface area contributed by atoms with Crippen LogP contribution in [0.2, 0.25) is 0 Å². The quantitative estimate of drug-likeness (QED) is 0.107. The molecule has 0 aliphatic rings. The number of aliphatic hydroxyl groups is 1. The molecular weight excluding hydrogens is 717 g/mol. The first-order valence-corrected chi connectivity index (χ1v) is 17.8. The summed E-state index contributed by atoms with van der Waals surface area (Å²) in [5.41, 5.74) is 2.26. The Labute approximate surface area is 317 Å². The summed E-state index contributed by atoms with van der Waals surface area (Å²) < 4.78 is 66.4. The van der Waals surface area contributed by atoms with Gasteiger partial charge in [-0.2, -0.15) is 13.2 Å². The lowest BCUT2D eigenvalue weighted by Gasteiger charge is -2.24. The van der Waals surface area contributed by atoms with Gasteiger partial charge < -0.3 is 33.6 Å². The lowest BCUT2D eigenvalue weighted by Crippen LogP contribution is -2.45. The van der Waals surface area contributed by atoms with E-state index in [0.29, 0.717) is 44.7 Å². The maximum absolute atomic E-state index is 14.3. The van der Waals surface area contributed by atoms with Crippen LogP contribution in [0.1, 0.15) is 70.4 Å². The Morgan fingerprint density at radius 1 is 1.02 bits per heavy atom. The molecule has 1 amide bonds. The fourth-order valence-electron chi connectivity index (χ4n) is 6.19. The van der Waals surface area contributed by atoms with E-state index in [0.717, 1.165) is 5.56 Å². The van der Waals surface area contributed by atoms with E-state index in [1.165, 1.54) is 17.9 Å². The van der Waals surface area contributed by atoms with E-state index in [1.54, 1.807) is 76.4 Å². The zero-order valence-corrected chi connectivity index (χ0v) is 32.0. The molecule has 0 radical (unpaired) electrons. The molecule has 0 saturated heterocycles. The van der Waals surface area contributed by atoms with Crippen LogP contribution < -0.4 is 5.32 Å². The Morgan fingerprint density at radius 2 is 1.75 bits per heavy atom. The average Bonchev–Trinajstić information content (AvgIpc) is 3.71. The molecule has 5 rings (SSSR count). The van der Waals surface area contributed by atoms with Crippen molar-refractivity contribution in [3.05, 3.63) is 95.8 Å². The molecule has 0 spiro atoms. The zero-order chi connectivity index (χ0) is 40.1. The third-order valence-electron chi connectivity index (χ3n) is 8.84. The number of halogens is 3. The molecule has 0 fully saturated rings. The minimum atomic E-state index is -4.56. The van der Waals surface area contributed by atoms with Crippen molar-refractivity contribution < 1.29 is 46.5 Å². The molecule has 0 unspecified atom stereocenters. The van der Waals surface area contributed by atoms with Crippen LogP contribution in [0.25, 0.3) is 33.4 Å². The third-order valence-corrected chi connectivity index (χ3v) is 8.84. The average molecular weight is 765 g/mol. The molecule has 0 aliphatic carbocycles. The zero-order valence-electron chi connectivity index (χ0n) is 32.0. The number of alkyl carbamates (subject to hydrolysis) is 1. The number of ether oxygens (including phenoxy) is 3. The predicted octanol–water partition coefficient (Wildman–Crippen LogP) is 8.37. The van der Waals surface area contributed by atoms with Crippen molar-refractivity contribution in [3.63, 3.8) is 0 Å². The SMILES string of the molecule is CO[C@@H](C)c1ncccc1-c1c(CC(C)(C)CO)c2cc(-c3coc(C[C@H](NC(=O)OCc4ccccc4)C(=O)OC(C)(C)C)n3)ccc2n1CC(F)(F)F. The Hall–Kier alpha value is -5.21. The fourth-order valence-corrected chi connectivity index (χ4v) is 6.19. The fraction of sp³-hybridized carbons (Fsp3) is 0.415. The van der Waals surface area contributed by atoms with E-state index in [4.69, 9.17) is 18.6 Å². The molecule has 0 bridgehead atoms. The number of benzene rings is 2. The summed E-state index contributed by atoms with van der Waals surface area (Å²) in [6.45, 7) is 9.05. The van der Waals surface area contributed by atoms with Crippen molar-refractivity contribution in [1.29, 1.82) is 0 Å². The van der Waals surface area contributed by atoms with Crippen molar-refractivity contribution in [2.24, 2.45) is 5.41 Å². The van der Waals surface area contributed by atoms with Crippen LogP contribution in [0.5, 0.6) is 0 Å². The molecule has 2 N–H and O–H groups in total. The van der Waals surface area contributed by atoms with Crippen LogP contribution in [-0.4, -0.2) is 63.2 Å². The number of carbonyl (C=O) groups excluding carboxylic acids is 2. The maximum atomic E-state index is 14.3. The number of aliphatic hydroxyl groups excluding tert-OH is 1. The van der Waals surface area contributed by atoms with Crippen molar-refractivity contribution >= 4 is 23.0 Å². The standard InChI is InChI=1S/C41H47F3N4O7/c1-25(52-7)35-28(14-11-17-45-35)36-30(20-40(5,6)24-49)29-18-27(15-16-33(29)48(36)23-41(42,43)44)32-22-53-34(46-32)19-31(37(50)55-39(2,3)4)47-38(51)54-21-26-12-9-8-10-13-26/h8-18,22,25,31,49H,19-21,23-24H2,1-7H3,(H,47,51)/t25-,31-/m0/s1. The Balaban J connectivity index is 1.55. The van der Waals surface area contributed by atoms with Crippen LogP contribution in [0.4, 0.5) is 18.0 Å². The van der Waals surface area contributed by atoms with Crippen LogP contribution in [0.15, 0.2) is 77.5 Å². The third kappa shape index (κ3) is 10.5. The van der Waals surface area contributed by atoms with Crippen molar-refractivity contribution in [3.8, 4) is 22.5 Å². The Bertz CT molecular complexity index is 2100. The predicted molar refractivity (Wildman–Crippen MR) is 200 cm³/mol. The molecule has 14 heteroatoms. The van der Waals surface area contributed by atoms with E-state index >= 15 is 0 Å². The molecule has 2 atom stereocenters. The molecule has 294 valence electrons. The minimum absolute atomic E-state index is 0.0171. The van der Waals surface area contributed by atoms with Gasteiger partial charge in [0.2, 0.25) is 0 Å². The van der Waals surface area contributed by atoms with E-state index < -0.39 is 47.9 Å². The van der Waals surface area contributed by atoms with Gasteiger partial charge in [0.1, 0.15) is 36.8 Å². The summed E-state index contributed by atoms with van der Waals surface area (Å²) in [5.74, 6) is -0.627. The van der Waals surface area contributed by atoms with Crippen LogP contribution >= 0.6 is 0 Å². The van der Waals surface area contributed by atoms with Gasteiger partial charge in [-0.15, -0.1) is 0 Å². The largest absolute Gasteiger partial charge is 0.458 e. The van der Waals surface area contributed by atoms with Gasteiger partial charge in [-0.25, -0.2) is 14.6 Å². The summed E-state index contributed by atoms with van der Waals surface area (Å²) in [6, 6.07) is 16.2. The number of esters is 1. The number of aromatic nitrogens is 3. The summed E-state index contributed by atoms with van der Waals surface area (Å²) in [7, 11) is 1.51. The highest BCUT2D eigenvalue weighted by molar-refractivity contribution is 5.95. The number of amides is 1. The molecule has 3 heterocycles. The number of pyridine rings is 1. The summed E-state index contributed by atoms with van der Waals surface area (Å²) in [5, 5.41) is 13.4. The van der Waals surface area contributed by atoms with Crippen LogP contribution in [-0.2, 0) is 45.0 Å². The molecule has 11 nitrogen and oxygen atoms in total. The number of hydrogen-bond donors (Lipinski definition) is 2. The number of carbonyl (C=O) groups is 2. The van der Waals surface area contributed by atoms with Crippen molar-refractivity contribution in [2.75, 3.05) is 13.7 Å². The number of hydrogen-bond acceptors (Lipinski definition) is 9. The molecule has 0 aliphatic heterocycles. The second-order valence-electron chi connectivity index (χ2n) is 15.2. The summed E-state index contributed by atoms with van der Waals surface area (Å²) >= 11 is 0. The molecular formula is C41H47F3N4O7. The van der Waals surface area contributed by atoms with E-state index in [9.17, 15) is 27.9 Å². The van der Waals surface area contributed by atoms with E-state index in [2.05, 4.69) is 15.3 Å². The number of oxazole rings is 1. The van der Waals surface area contributed by atoms with E-state index in [-0.39, 0.29) is 31.9 Å². The number of fused-ring (bicyclic) bond motifs is 1. The highest BCUT2D eigenvalue weighted by atomic mass is 19.4. The van der Waals surface area contributed by atoms with Gasteiger partial charge >= 0.3 is 18.2 Å². The van der Waals surface area contributed by atoms with Gasteiger partial charge in [-0.3, -0.25) is 4.98 Å². The van der Waals surface area contributed by atoms with E-state index in [1.807, 2.05) is 32.0 Å². The summed E-state index contributed by atoms with van der Waals surface area (Å²) in [6.07, 6.45) is -2.94. The van der Waals surface area contributed by atoms with Crippen LogP contribution in [0, 0.1) is 5.41 Å². The molecule has 5 aromatic rings. The minimum Gasteiger partial charge on any atom is -0.458 e. The van der Waals surface area contributed by atoms with Gasteiger partial charge in [0.15, 0.2) is 5.89 Å². The number of methoxy groups -OCH3 is 1. The van der Waals surface area contributed by atoms with Crippen molar-refractivity contribution in [1.82, 2.24) is 19.9 Å². The monoisotopic (exact) mass is 764 g/mol. The first-order valence-electron chi connectivity index (χ1n) is 17.8. The van der Waals surface area contributed by atoms with Crippen LogP contribution in [0.3, 0.4) is 0 Å². The summed E-state index contributed by atoms with van der Waals surface area (Å²) in [4.78, 5) is 35.1. The molecule has 0 saturated carbocycles. The first-order chi connectivity index (χ1) is 25.9. The number of rotatable bonds is 14. The van der Waals surface area contributed by atoms with Gasteiger partial charge in [-0.1, -0.05) is 50.2 Å². The second-order valence-corrected chi connectivity index (χ2v) is 15.2. The Kier molecular flexibility index (Phi) is 12.4. The van der Waals surface area contributed by atoms with Gasteiger partial charge in [-0.05, 0) is 74.9 Å². The highest BCUT2D eigenvalue weighted by Crippen LogP contribution is 2.42. The number of nitrogens with zero attached hydrogens (tertiary/aromatic N) is 3. The topological polar surface area (TPSA) is 138 Å². The number of alkyl halides is 3. The van der Waals surface area contributed by atoms with Gasteiger partial charge in [0.25, 0.3) is 0 Å². The van der Waals surface area contributed by atoms with Gasteiger partial charge in [0.05, 0.1) is 23.9 Å². The molecule has 2 aromatic carbocycles. The Morgan fingerprint density at radius 3 is 2.40 bits per heavy atom. The van der Waals surface area contributed by atoms with Crippen molar-refractivity contribution in [2.45, 2.75) is 91.5 Å². The molecule has 3 aromatic heterocycles. The lowest BCUT2D eigenvalue weighted by atomic mass is 9.84.